The van der Waals surface area contributed by atoms with E-state index in [4.69, 9.17) is 79.8 Å². The summed E-state index contributed by atoms with van der Waals surface area (Å²) in [5.74, 6) is -3.76. The Hall–Kier alpha value is -2.46. The predicted octanol–water partition coefficient (Wildman–Crippen LogP) is 6.45. The van der Waals surface area contributed by atoms with Gasteiger partial charge in [0.25, 0.3) is 0 Å². The number of carbonyl (C=O) groups excluding carboxylic acids is 2. The number of hydrogen-bond acceptors (Lipinski definition) is 4. The van der Waals surface area contributed by atoms with Gasteiger partial charge in [-0.15, -0.1) is 0 Å². The van der Waals surface area contributed by atoms with E-state index in [9.17, 15) is 19.2 Å². The van der Waals surface area contributed by atoms with Crippen LogP contribution in [0.25, 0.3) is 0 Å². The fourth-order valence-corrected chi connectivity index (χ4v) is 3.77. The van der Waals surface area contributed by atoms with E-state index in [0.717, 1.165) is 12.2 Å². The molecule has 0 aromatic heterocycles. The molecule has 0 aliphatic heterocycles. The van der Waals surface area contributed by atoms with Crippen molar-refractivity contribution in [3.8, 4) is 0 Å². The Kier molecular flexibility index (Phi) is 12.2. The third-order valence-corrected chi connectivity index (χ3v) is 4.89. The van der Waals surface area contributed by atoms with Crippen LogP contribution in [0.5, 0.6) is 0 Å². The van der Waals surface area contributed by atoms with Crippen molar-refractivity contribution < 1.29 is 29.4 Å². The van der Waals surface area contributed by atoms with Gasteiger partial charge in [0.1, 0.15) is 0 Å². The number of aliphatic carboxylic acids is 2. The van der Waals surface area contributed by atoms with Crippen molar-refractivity contribution in [1.82, 2.24) is 0 Å². The maximum Gasteiger partial charge on any atom is 0.328 e. The van der Waals surface area contributed by atoms with Crippen LogP contribution in [-0.2, 0) is 19.2 Å². The summed E-state index contributed by atoms with van der Waals surface area (Å²) in [7, 11) is 0. The van der Waals surface area contributed by atoms with Crippen molar-refractivity contribution in [2.45, 2.75) is 0 Å². The fourth-order valence-electron chi connectivity index (χ4n) is 1.95. The second kappa shape index (κ2) is 14.1. The standard InChI is InChI=1S/2C10H6Cl3NO3/c2*11-5-3-6(12)10(7(13)4-5)14-8(15)1-2-9(16)17/h2*1-4H,(H,14,15)(H,16,17)/b2*2-1-. The summed E-state index contributed by atoms with van der Waals surface area (Å²) in [4.78, 5) is 43.0. The number of carboxylic acid groups (broad SMARTS) is 2. The summed E-state index contributed by atoms with van der Waals surface area (Å²) < 4.78 is 0. The van der Waals surface area contributed by atoms with Crippen LogP contribution < -0.4 is 10.6 Å². The molecule has 0 aliphatic rings. The lowest BCUT2D eigenvalue weighted by atomic mass is 10.3. The van der Waals surface area contributed by atoms with Gasteiger partial charge in [-0.05, 0) is 24.3 Å². The first-order chi connectivity index (χ1) is 15.8. The quantitative estimate of drug-likeness (QED) is 0.287. The third-order valence-electron chi connectivity index (χ3n) is 3.26. The monoisotopic (exact) mass is 586 g/mol. The first-order valence-corrected chi connectivity index (χ1v) is 10.8. The number of anilines is 2. The lowest BCUT2D eigenvalue weighted by Crippen LogP contribution is -2.09. The Balaban J connectivity index is 0.000000340. The molecule has 0 heterocycles. The van der Waals surface area contributed by atoms with Crippen LogP contribution >= 0.6 is 69.6 Å². The van der Waals surface area contributed by atoms with E-state index in [1.807, 2.05) is 0 Å². The van der Waals surface area contributed by atoms with E-state index < -0.39 is 23.8 Å². The summed E-state index contributed by atoms with van der Waals surface area (Å²) >= 11 is 34.6. The van der Waals surface area contributed by atoms with Gasteiger partial charge >= 0.3 is 11.9 Å². The predicted molar refractivity (Wildman–Crippen MR) is 134 cm³/mol. The van der Waals surface area contributed by atoms with Gasteiger partial charge in [-0.1, -0.05) is 69.6 Å². The molecule has 0 fully saturated rings. The molecule has 2 aromatic rings. The molecule has 14 heteroatoms. The maximum atomic E-state index is 11.3. The zero-order valence-corrected chi connectivity index (χ0v) is 20.9. The molecule has 0 saturated carbocycles. The second-order valence-corrected chi connectivity index (χ2v) is 8.31. The lowest BCUT2D eigenvalue weighted by molar-refractivity contribution is -0.132. The van der Waals surface area contributed by atoms with Crippen LogP contribution in [0.15, 0.2) is 48.6 Å². The van der Waals surface area contributed by atoms with Crippen molar-refractivity contribution in [1.29, 1.82) is 0 Å². The van der Waals surface area contributed by atoms with Gasteiger partial charge in [-0.3, -0.25) is 9.59 Å². The van der Waals surface area contributed by atoms with Gasteiger partial charge in [0.15, 0.2) is 0 Å². The number of amides is 2. The molecule has 180 valence electrons. The molecule has 0 aliphatic carbocycles. The summed E-state index contributed by atoms with van der Waals surface area (Å²) in [6.45, 7) is 0. The number of halogens is 6. The molecule has 0 saturated heterocycles. The van der Waals surface area contributed by atoms with E-state index in [1.54, 1.807) is 0 Å². The summed E-state index contributed by atoms with van der Waals surface area (Å²) in [5, 5.41) is 22.7. The van der Waals surface area contributed by atoms with Crippen LogP contribution in [0.1, 0.15) is 0 Å². The first kappa shape index (κ1) is 29.6. The number of nitrogens with one attached hydrogen (secondary N) is 2. The van der Waals surface area contributed by atoms with Crippen molar-refractivity contribution >= 4 is 105 Å². The van der Waals surface area contributed by atoms with Gasteiger partial charge in [0.2, 0.25) is 11.8 Å². The molecule has 2 amide bonds. The van der Waals surface area contributed by atoms with Crippen molar-refractivity contribution in [2.24, 2.45) is 0 Å². The molecular formula is C20H12Cl6N2O6. The van der Waals surface area contributed by atoms with Gasteiger partial charge in [-0.2, -0.15) is 0 Å². The molecule has 2 rings (SSSR count). The first-order valence-electron chi connectivity index (χ1n) is 8.53. The van der Waals surface area contributed by atoms with Crippen LogP contribution in [-0.4, -0.2) is 34.0 Å². The van der Waals surface area contributed by atoms with Crippen LogP contribution in [0, 0.1) is 0 Å². The molecule has 2 aromatic carbocycles. The van der Waals surface area contributed by atoms with E-state index in [2.05, 4.69) is 10.6 Å². The highest BCUT2D eigenvalue weighted by molar-refractivity contribution is 6.43. The lowest BCUT2D eigenvalue weighted by Gasteiger charge is -2.07. The normalized spacial score (nSPS) is 10.5. The van der Waals surface area contributed by atoms with Crippen molar-refractivity contribution in [3.63, 3.8) is 0 Å². The average Bonchev–Trinajstić information content (AvgIpc) is 2.70. The van der Waals surface area contributed by atoms with Gasteiger partial charge in [-0.25, -0.2) is 9.59 Å². The average molecular weight is 589 g/mol. The second-order valence-electron chi connectivity index (χ2n) is 5.81. The Morgan fingerprint density at radius 3 is 1.06 bits per heavy atom. The molecule has 34 heavy (non-hydrogen) atoms. The molecule has 0 radical (unpaired) electrons. The Morgan fingerprint density at radius 1 is 0.559 bits per heavy atom. The summed E-state index contributed by atoms with van der Waals surface area (Å²) in [6, 6.07) is 5.63. The molecule has 0 bridgehead atoms. The molecule has 4 N–H and O–H groups in total. The van der Waals surface area contributed by atoms with Crippen molar-refractivity contribution in [3.05, 3.63) is 78.7 Å². The van der Waals surface area contributed by atoms with E-state index >= 15 is 0 Å². The zero-order chi connectivity index (χ0) is 26.0. The smallest absolute Gasteiger partial charge is 0.328 e. The molecular weight excluding hydrogens is 577 g/mol. The Labute approximate surface area is 222 Å². The highest BCUT2D eigenvalue weighted by Crippen LogP contribution is 2.34. The highest BCUT2D eigenvalue weighted by atomic mass is 35.5. The minimum absolute atomic E-state index is 0.166. The number of benzene rings is 2. The van der Waals surface area contributed by atoms with Gasteiger partial charge in [0, 0.05) is 34.3 Å². The van der Waals surface area contributed by atoms with Crippen LogP contribution in [0.4, 0.5) is 11.4 Å². The van der Waals surface area contributed by atoms with E-state index in [1.165, 1.54) is 24.3 Å². The SMILES string of the molecule is O=C(O)/C=C\C(=O)Nc1c(Cl)cc(Cl)cc1Cl.O=C(O)/C=C\C(=O)Nc1c(Cl)cc(Cl)cc1Cl. The molecule has 0 atom stereocenters. The Bertz CT molecular complexity index is 1040. The molecule has 0 unspecified atom stereocenters. The topological polar surface area (TPSA) is 133 Å². The molecule has 0 spiro atoms. The third kappa shape index (κ3) is 10.6. The number of carboxylic acids is 2. The van der Waals surface area contributed by atoms with Crippen LogP contribution in [0.2, 0.25) is 30.1 Å². The fraction of sp³-hybridized carbons (Fsp3) is 0. The minimum atomic E-state index is -1.23. The number of rotatable bonds is 6. The summed E-state index contributed by atoms with van der Waals surface area (Å²) in [5.41, 5.74) is 0.357. The highest BCUT2D eigenvalue weighted by Gasteiger charge is 2.11. The largest absolute Gasteiger partial charge is 0.478 e. The van der Waals surface area contributed by atoms with Crippen LogP contribution in [0.3, 0.4) is 0 Å². The number of carbonyl (C=O) groups is 4. The zero-order valence-electron chi connectivity index (χ0n) is 16.4. The van der Waals surface area contributed by atoms with Gasteiger partial charge in [0.05, 0.1) is 31.5 Å². The minimum Gasteiger partial charge on any atom is -0.478 e. The number of hydrogen-bond donors (Lipinski definition) is 4. The van der Waals surface area contributed by atoms with Gasteiger partial charge < -0.3 is 20.8 Å². The summed E-state index contributed by atoms with van der Waals surface area (Å²) in [6.07, 6.45) is 3.10. The van der Waals surface area contributed by atoms with E-state index in [0.29, 0.717) is 22.2 Å². The Morgan fingerprint density at radius 2 is 0.824 bits per heavy atom. The van der Waals surface area contributed by atoms with Crippen molar-refractivity contribution in [2.75, 3.05) is 10.6 Å². The van der Waals surface area contributed by atoms with E-state index in [-0.39, 0.29) is 31.5 Å². The molecule has 8 nitrogen and oxygen atoms in total. The maximum absolute atomic E-state index is 11.3.